The SMILES string of the molecule is O=C(NCCCCCCCl)C(C(F)(F)F)C(F)(F)F. The van der Waals surface area contributed by atoms with Crippen molar-refractivity contribution >= 4 is 17.5 Å². The van der Waals surface area contributed by atoms with Crippen molar-refractivity contribution < 1.29 is 31.1 Å². The summed E-state index contributed by atoms with van der Waals surface area (Å²) < 4.78 is 72.9. The fourth-order valence-corrected chi connectivity index (χ4v) is 1.56. The predicted octanol–water partition coefficient (Wildman–Crippen LogP) is 3.64. The molecule has 0 aromatic rings. The molecule has 0 rings (SSSR count). The summed E-state index contributed by atoms with van der Waals surface area (Å²) in [5.41, 5.74) is 0. The summed E-state index contributed by atoms with van der Waals surface area (Å²) in [4.78, 5) is 11.0. The third kappa shape index (κ3) is 7.49. The molecule has 9 heteroatoms. The van der Waals surface area contributed by atoms with Gasteiger partial charge in [0.1, 0.15) is 0 Å². The van der Waals surface area contributed by atoms with Gasteiger partial charge >= 0.3 is 12.4 Å². The highest BCUT2D eigenvalue weighted by Gasteiger charge is 2.60. The Kier molecular flexibility index (Phi) is 7.54. The predicted molar refractivity (Wildman–Crippen MR) is 57.8 cm³/mol. The maximum Gasteiger partial charge on any atom is 0.409 e. The van der Waals surface area contributed by atoms with Gasteiger partial charge in [0.05, 0.1) is 0 Å². The molecule has 0 saturated heterocycles. The van der Waals surface area contributed by atoms with Gasteiger partial charge < -0.3 is 5.32 Å². The van der Waals surface area contributed by atoms with E-state index in [9.17, 15) is 31.1 Å². The Hall–Kier alpha value is -0.660. The van der Waals surface area contributed by atoms with Gasteiger partial charge in [0.25, 0.3) is 0 Å². The van der Waals surface area contributed by atoms with Crippen LogP contribution in [0, 0.1) is 5.92 Å². The quantitative estimate of drug-likeness (QED) is 0.434. The number of nitrogens with one attached hydrogen (secondary N) is 1. The number of halogens is 7. The molecule has 19 heavy (non-hydrogen) atoms. The summed E-state index contributed by atoms with van der Waals surface area (Å²) in [6, 6.07) is 0. The number of hydrogen-bond donors (Lipinski definition) is 1. The van der Waals surface area contributed by atoms with Gasteiger partial charge in [0.2, 0.25) is 11.8 Å². The van der Waals surface area contributed by atoms with E-state index in [1.165, 1.54) is 0 Å². The van der Waals surface area contributed by atoms with Crippen LogP contribution in [0.4, 0.5) is 26.3 Å². The summed E-state index contributed by atoms with van der Waals surface area (Å²) in [5, 5.41) is 1.66. The Balaban J connectivity index is 4.22. The van der Waals surface area contributed by atoms with Crippen LogP contribution in [-0.2, 0) is 4.79 Å². The van der Waals surface area contributed by atoms with E-state index in [2.05, 4.69) is 0 Å². The van der Waals surface area contributed by atoms with E-state index in [0.717, 1.165) is 0 Å². The molecule has 0 aliphatic carbocycles. The monoisotopic (exact) mass is 313 g/mol. The second-order valence-electron chi connectivity index (χ2n) is 3.91. The van der Waals surface area contributed by atoms with E-state index >= 15 is 0 Å². The van der Waals surface area contributed by atoms with Gasteiger partial charge in [-0.05, 0) is 12.8 Å². The van der Waals surface area contributed by atoms with Crippen molar-refractivity contribution in [2.24, 2.45) is 5.92 Å². The Morgan fingerprint density at radius 1 is 0.947 bits per heavy atom. The van der Waals surface area contributed by atoms with E-state index in [1.54, 1.807) is 5.32 Å². The van der Waals surface area contributed by atoms with Gasteiger partial charge in [-0.1, -0.05) is 12.8 Å². The highest BCUT2D eigenvalue weighted by atomic mass is 35.5. The largest absolute Gasteiger partial charge is 0.409 e. The zero-order valence-corrected chi connectivity index (χ0v) is 10.6. The van der Waals surface area contributed by atoms with Crippen LogP contribution in [0.25, 0.3) is 0 Å². The normalized spacial score (nSPS) is 12.8. The van der Waals surface area contributed by atoms with Crippen molar-refractivity contribution in [1.82, 2.24) is 5.32 Å². The molecular weight excluding hydrogens is 300 g/mol. The number of rotatable bonds is 7. The van der Waals surface area contributed by atoms with Crippen molar-refractivity contribution in [2.75, 3.05) is 12.4 Å². The van der Waals surface area contributed by atoms with E-state index < -0.39 is 24.2 Å². The lowest BCUT2D eigenvalue weighted by Crippen LogP contribution is -2.48. The van der Waals surface area contributed by atoms with Crippen molar-refractivity contribution in [2.45, 2.75) is 38.0 Å². The Morgan fingerprint density at radius 3 is 1.84 bits per heavy atom. The average Bonchev–Trinajstić information content (AvgIpc) is 2.18. The van der Waals surface area contributed by atoms with Crippen LogP contribution in [0.5, 0.6) is 0 Å². The molecule has 0 heterocycles. The number of carbonyl (C=O) groups excluding carboxylic acids is 1. The lowest BCUT2D eigenvalue weighted by molar-refractivity contribution is -0.274. The first kappa shape index (κ1) is 18.3. The maximum atomic E-state index is 12.1. The summed E-state index contributed by atoms with van der Waals surface area (Å²) in [6.07, 6.45) is -8.97. The summed E-state index contributed by atoms with van der Waals surface area (Å²) >= 11 is 5.39. The van der Waals surface area contributed by atoms with Crippen LogP contribution in [0.1, 0.15) is 25.7 Å². The summed E-state index contributed by atoms with van der Waals surface area (Å²) in [6.45, 7) is -0.218. The zero-order chi connectivity index (χ0) is 15.1. The van der Waals surface area contributed by atoms with Crippen LogP contribution < -0.4 is 5.32 Å². The third-order valence-corrected chi connectivity index (χ3v) is 2.54. The van der Waals surface area contributed by atoms with Gasteiger partial charge in [0.15, 0.2) is 0 Å². The minimum Gasteiger partial charge on any atom is -0.355 e. The minimum atomic E-state index is -5.64. The van der Waals surface area contributed by atoms with Gasteiger partial charge in [-0.2, -0.15) is 26.3 Å². The molecule has 1 amide bonds. The second kappa shape index (κ2) is 7.81. The fraction of sp³-hybridized carbons (Fsp3) is 0.900. The van der Waals surface area contributed by atoms with E-state index in [-0.39, 0.29) is 6.54 Å². The highest BCUT2D eigenvalue weighted by molar-refractivity contribution is 6.17. The molecule has 114 valence electrons. The summed E-state index contributed by atoms with van der Waals surface area (Å²) in [7, 11) is 0. The van der Waals surface area contributed by atoms with Crippen LogP contribution in [0.2, 0.25) is 0 Å². The Morgan fingerprint density at radius 2 is 1.42 bits per heavy atom. The van der Waals surface area contributed by atoms with Crippen molar-refractivity contribution in [3.8, 4) is 0 Å². The number of alkyl halides is 7. The highest BCUT2D eigenvalue weighted by Crippen LogP contribution is 2.39. The van der Waals surface area contributed by atoms with Gasteiger partial charge in [-0.25, -0.2) is 0 Å². The number of carbonyl (C=O) groups is 1. The Bertz CT molecular complexity index is 264. The van der Waals surface area contributed by atoms with Crippen LogP contribution in [0.3, 0.4) is 0 Å². The first-order chi connectivity index (χ1) is 8.60. The molecule has 0 unspecified atom stereocenters. The number of amides is 1. The molecule has 0 fully saturated rings. The molecule has 0 radical (unpaired) electrons. The molecule has 2 nitrogen and oxygen atoms in total. The molecule has 0 aliphatic heterocycles. The van der Waals surface area contributed by atoms with Gasteiger partial charge in [-0.3, -0.25) is 4.79 Å². The molecular formula is C10H14ClF6NO. The van der Waals surface area contributed by atoms with Gasteiger partial charge in [-0.15, -0.1) is 11.6 Å². The number of hydrogen-bond acceptors (Lipinski definition) is 1. The van der Waals surface area contributed by atoms with Crippen molar-refractivity contribution in [1.29, 1.82) is 0 Å². The number of unbranched alkanes of at least 4 members (excludes halogenated alkanes) is 3. The smallest absolute Gasteiger partial charge is 0.355 e. The summed E-state index contributed by atoms with van der Waals surface area (Å²) in [5.74, 6) is -5.59. The Labute approximate surface area is 111 Å². The molecule has 0 aliphatic rings. The first-order valence-corrected chi connectivity index (χ1v) is 6.11. The topological polar surface area (TPSA) is 29.1 Å². The van der Waals surface area contributed by atoms with Crippen LogP contribution in [0.15, 0.2) is 0 Å². The van der Waals surface area contributed by atoms with Crippen molar-refractivity contribution in [3.05, 3.63) is 0 Å². The van der Waals surface area contributed by atoms with Crippen molar-refractivity contribution in [3.63, 3.8) is 0 Å². The molecule has 0 aromatic carbocycles. The molecule has 1 N–H and O–H groups in total. The minimum absolute atomic E-state index is 0.218. The first-order valence-electron chi connectivity index (χ1n) is 5.57. The van der Waals surface area contributed by atoms with E-state index in [0.29, 0.717) is 31.6 Å². The lowest BCUT2D eigenvalue weighted by atomic mass is 10.1. The van der Waals surface area contributed by atoms with E-state index in [4.69, 9.17) is 11.6 Å². The fourth-order valence-electron chi connectivity index (χ4n) is 1.37. The molecule has 0 spiro atoms. The van der Waals surface area contributed by atoms with E-state index in [1.807, 2.05) is 0 Å². The second-order valence-corrected chi connectivity index (χ2v) is 4.29. The molecule has 0 saturated carbocycles. The van der Waals surface area contributed by atoms with Gasteiger partial charge in [0, 0.05) is 12.4 Å². The lowest BCUT2D eigenvalue weighted by Gasteiger charge is -2.21. The maximum absolute atomic E-state index is 12.1. The van der Waals surface area contributed by atoms with Crippen LogP contribution in [-0.4, -0.2) is 30.7 Å². The zero-order valence-electron chi connectivity index (χ0n) is 9.87. The average molecular weight is 314 g/mol. The molecule has 0 aromatic heterocycles. The third-order valence-electron chi connectivity index (χ3n) is 2.28. The van der Waals surface area contributed by atoms with Crippen LogP contribution >= 0.6 is 11.6 Å². The standard InChI is InChI=1S/C10H14ClF6NO/c11-5-3-1-2-4-6-18-8(19)7(9(12,13)14)10(15,16)17/h7H,1-6H2,(H,18,19). The molecule has 0 bridgehead atoms. The molecule has 0 atom stereocenters.